The van der Waals surface area contributed by atoms with Crippen molar-refractivity contribution in [2.24, 2.45) is 7.05 Å². The van der Waals surface area contributed by atoms with E-state index in [4.69, 9.17) is 4.74 Å². The second-order valence-electron chi connectivity index (χ2n) is 13.5. The Morgan fingerprint density at radius 3 is 1.95 bits per heavy atom. The number of nitrogens with zero attached hydrogens (tertiary/aromatic N) is 2. The molecule has 10 nitrogen and oxygen atoms in total. The van der Waals surface area contributed by atoms with E-state index in [1.807, 2.05) is 121 Å². The second kappa shape index (κ2) is 18.7. The van der Waals surface area contributed by atoms with Crippen molar-refractivity contribution in [3.05, 3.63) is 214 Å². The molecular formula is C48H41N5O5S. The zero-order chi connectivity index (χ0) is 41.1. The Morgan fingerprint density at radius 2 is 1.31 bits per heavy atom. The third kappa shape index (κ3) is 9.96. The standard InChI is InChI=1S/C48H41N5O5S/c1-33-43(48(57)53(52(33)2)39-21-13-6-14-22-39)51-47(56)44(36-17-9-4-10-18-36)59-41-29-25-38(26-30-41)49-46(55)42(50-45(54)37-19-11-5-12-20-37)31-34-23-27-40(28-24-34)58-32-35-15-7-3-8-16-35/h3-31,44H,32H2,1-2H3,(H,49,55)(H,50,54)(H,51,56)/b42-31-. The molecule has 0 aliphatic rings. The summed E-state index contributed by atoms with van der Waals surface area (Å²) >= 11 is 1.31. The number of hydrogen-bond acceptors (Lipinski definition) is 6. The van der Waals surface area contributed by atoms with Crippen molar-refractivity contribution in [3.8, 4) is 11.4 Å². The van der Waals surface area contributed by atoms with Crippen molar-refractivity contribution >= 4 is 46.9 Å². The number of hydrogen-bond donors (Lipinski definition) is 3. The summed E-state index contributed by atoms with van der Waals surface area (Å²) in [5.74, 6) is -0.655. The van der Waals surface area contributed by atoms with Crippen LogP contribution in [0.4, 0.5) is 11.4 Å². The van der Waals surface area contributed by atoms with E-state index in [0.29, 0.717) is 40.6 Å². The number of benzene rings is 6. The van der Waals surface area contributed by atoms with Crippen LogP contribution < -0.4 is 26.2 Å². The van der Waals surface area contributed by atoms with Gasteiger partial charge in [0.2, 0.25) is 5.91 Å². The molecule has 7 aromatic rings. The van der Waals surface area contributed by atoms with Crippen molar-refractivity contribution < 1.29 is 19.1 Å². The van der Waals surface area contributed by atoms with Gasteiger partial charge in [-0.1, -0.05) is 109 Å². The first kappa shape index (κ1) is 39.8. The summed E-state index contributed by atoms with van der Waals surface area (Å²) in [7, 11) is 1.78. The quantitative estimate of drug-likeness (QED) is 0.0746. The van der Waals surface area contributed by atoms with Crippen LogP contribution in [0, 0.1) is 6.92 Å². The number of thioether (sulfide) groups is 1. The van der Waals surface area contributed by atoms with Gasteiger partial charge in [-0.3, -0.25) is 23.9 Å². The van der Waals surface area contributed by atoms with E-state index in [2.05, 4.69) is 16.0 Å². The van der Waals surface area contributed by atoms with Crippen LogP contribution in [0.1, 0.15) is 38.0 Å². The molecule has 11 heteroatoms. The lowest BCUT2D eigenvalue weighted by Crippen LogP contribution is -2.30. The van der Waals surface area contributed by atoms with Gasteiger partial charge in [0.05, 0.1) is 11.4 Å². The minimum atomic E-state index is -0.710. The maximum Gasteiger partial charge on any atom is 0.295 e. The molecule has 0 saturated heterocycles. The lowest BCUT2D eigenvalue weighted by molar-refractivity contribution is -0.116. The van der Waals surface area contributed by atoms with Gasteiger partial charge >= 0.3 is 0 Å². The summed E-state index contributed by atoms with van der Waals surface area (Å²) in [6.07, 6.45) is 1.60. The molecule has 0 spiro atoms. The summed E-state index contributed by atoms with van der Waals surface area (Å²) < 4.78 is 9.16. The van der Waals surface area contributed by atoms with E-state index in [0.717, 1.165) is 16.0 Å². The van der Waals surface area contributed by atoms with Crippen LogP contribution in [-0.2, 0) is 23.2 Å². The van der Waals surface area contributed by atoms with Gasteiger partial charge in [0.25, 0.3) is 17.4 Å². The van der Waals surface area contributed by atoms with Crippen molar-refractivity contribution in [3.63, 3.8) is 0 Å². The topological polar surface area (TPSA) is 123 Å². The molecule has 1 aromatic heterocycles. The predicted octanol–water partition coefficient (Wildman–Crippen LogP) is 8.95. The fourth-order valence-corrected chi connectivity index (χ4v) is 7.29. The molecule has 3 N–H and O–H groups in total. The summed E-state index contributed by atoms with van der Waals surface area (Å²) in [6, 6.07) is 51.4. The van der Waals surface area contributed by atoms with E-state index in [-0.39, 0.29) is 22.9 Å². The van der Waals surface area contributed by atoms with Crippen molar-refractivity contribution in [2.45, 2.75) is 23.7 Å². The first-order valence-electron chi connectivity index (χ1n) is 18.9. The molecule has 7 rings (SSSR count). The van der Waals surface area contributed by atoms with Crippen LogP contribution in [0.15, 0.2) is 185 Å². The minimum Gasteiger partial charge on any atom is -0.489 e. The van der Waals surface area contributed by atoms with E-state index in [9.17, 15) is 19.2 Å². The van der Waals surface area contributed by atoms with Crippen LogP contribution in [0.2, 0.25) is 0 Å². The normalized spacial score (nSPS) is 11.7. The maximum atomic E-state index is 14.0. The van der Waals surface area contributed by atoms with Gasteiger partial charge in [-0.15, -0.1) is 11.8 Å². The fourth-order valence-electron chi connectivity index (χ4n) is 6.26. The zero-order valence-corrected chi connectivity index (χ0v) is 33.2. The molecule has 59 heavy (non-hydrogen) atoms. The van der Waals surface area contributed by atoms with Gasteiger partial charge in [0.15, 0.2) is 0 Å². The number of ether oxygens (including phenoxy) is 1. The molecule has 6 aromatic carbocycles. The Morgan fingerprint density at radius 1 is 0.712 bits per heavy atom. The van der Waals surface area contributed by atoms with E-state index in [1.54, 1.807) is 73.3 Å². The summed E-state index contributed by atoms with van der Waals surface area (Å²) in [5, 5.41) is 7.89. The largest absolute Gasteiger partial charge is 0.489 e. The summed E-state index contributed by atoms with van der Waals surface area (Å²) in [6.45, 7) is 2.21. The minimum absolute atomic E-state index is 0.0404. The van der Waals surface area contributed by atoms with Gasteiger partial charge < -0.3 is 20.7 Å². The molecule has 1 atom stereocenters. The Bertz CT molecular complexity index is 2630. The van der Waals surface area contributed by atoms with Crippen molar-refractivity contribution in [2.75, 3.05) is 10.6 Å². The lowest BCUT2D eigenvalue weighted by Gasteiger charge is -2.17. The lowest BCUT2D eigenvalue weighted by atomic mass is 10.1. The average molecular weight is 800 g/mol. The van der Waals surface area contributed by atoms with Crippen LogP contribution >= 0.6 is 11.8 Å². The number of rotatable bonds is 14. The molecule has 3 amide bonds. The zero-order valence-electron chi connectivity index (χ0n) is 32.4. The second-order valence-corrected chi connectivity index (χ2v) is 14.7. The summed E-state index contributed by atoms with van der Waals surface area (Å²) in [5.41, 5.74) is 4.56. The molecule has 0 bridgehead atoms. The number of nitrogens with one attached hydrogen (secondary N) is 3. The Balaban J connectivity index is 1.07. The maximum absolute atomic E-state index is 14.0. The molecule has 294 valence electrons. The number of para-hydroxylation sites is 1. The van der Waals surface area contributed by atoms with Crippen molar-refractivity contribution in [1.82, 2.24) is 14.7 Å². The highest BCUT2D eigenvalue weighted by Gasteiger charge is 2.26. The van der Waals surface area contributed by atoms with Crippen LogP contribution in [0.5, 0.6) is 5.75 Å². The number of aromatic nitrogens is 2. The third-order valence-electron chi connectivity index (χ3n) is 9.48. The van der Waals surface area contributed by atoms with E-state index < -0.39 is 17.1 Å². The molecule has 0 fully saturated rings. The highest BCUT2D eigenvalue weighted by atomic mass is 32.2. The van der Waals surface area contributed by atoms with Gasteiger partial charge in [-0.25, -0.2) is 4.68 Å². The summed E-state index contributed by atoms with van der Waals surface area (Å²) in [4.78, 5) is 55.4. The SMILES string of the molecule is Cc1c(NC(=O)C(Sc2ccc(NC(=O)/C(=C/c3ccc(OCc4ccccc4)cc3)NC(=O)c3ccccc3)cc2)c2ccccc2)c(=O)n(-c2ccccc2)n1C. The number of carbonyl (C=O) groups excluding carboxylic acids is 3. The highest BCUT2D eigenvalue weighted by molar-refractivity contribution is 8.00. The first-order valence-corrected chi connectivity index (χ1v) is 19.7. The number of anilines is 2. The monoisotopic (exact) mass is 799 g/mol. The van der Waals surface area contributed by atoms with Gasteiger partial charge in [-0.05, 0) is 90.4 Å². The Labute approximate surface area is 346 Å². The predicted molar refractivity (Wildman–Crippen MR) is 234 cm³/mol. The fraction of sp³-hybridized carbons (Fsp3) is 0.0833. The average Bonchev–Trinajstić information content (AvgIpc) is 3.49. The smallest absolute Gasteiger partial charge is 0.295 e. The number of carbonyl (C=O) groups is 3. The highest BCUT2D eigenvalue weighted by Crippen LogP contribution is 2.37. The van der Waals surface area contributed by atoms with E-state index >= 15 is 0 Å². The molecular weight excluding hydrogens is 759 g/mol. The third-order valence-corrected chi connectivity index (χ3v) is 10.7. The van der Waals surface area contributed by atoms with Crippen molar-refractivity contribution in [1.29, 1.82) is 0 Å². The molecule has 0 aliphatic carbocycles. The van der Waals surface area contributed by atoms with Gasteiger partial charge in [0.1, 0.15) is 29.0 Å². The van der Waals surface area contributed by atoms with Crippen LogP contribution in [0.25, 0.3) is 11.8 Å². The molecule has 0 radical (unpaired) electrons. The molecule has 0 saturated carbocycles. The van der Waals surface area contributed by atoms with Gasteiger partial charge in [0, 0.05) is 23.2 Å². The van der Waals surface area contributed by atoms with Crippen LogP contribution in [-0.4, -0.2) is 27.1 Å². The number of amides is 3. The first-order chi connectivity index (χ1) is 28.7. The molecule has 1 unspecified atom stereocenters. The molecule has 1 heterocycles. The molecule has 0 aliphatic heterocycles. The van der Waals surface area contributed by atoms with Crippen LogP contribution in [0.3, 0.4) is 0 Å². The Kier molecular flexibility index (Phi) is 12.6. The Hall–Kier alpha value is -7.37. The van der Waals surface area contributed by atoms with Gasteiger partial charge in [-0.2, -0.15) is 0 Å². The van der Waals surface area contributed by atoms with E-state index in [1.165, 1.54) is 16.4 Å².